The number of aryl methyl sites for hydroxylation is 2. The first kappa shape index (κ1) is 27.2. The van der Waals surface area contributed by atoms with Crippen molar-refractivity contribution in [2.75, 3.05) is 0 Å². The van der Waals surface area contributed by atoms with E-state index >= 15 is 0 Å². The van der Waals surface area contributed by atoms with Crippen molar-refractivity contribution in [1.29, 1.82) is 0 Å². The first-order chi connectivity index (χ1) is 23.1. The highest BCUT2D eigenvalue weighted by Gasteiger charge is 2.41. The van der Waals surface area contributed by atoms with Gasteiger partial charge in [0.15, 0.2) is 0 Å². The number of fused-ring (bicyclic) bond motifs is 5. The molecule has 222 valence electrons. The molecule has 3 aliphatic rings. The fourth-order valence-corrected chi connectivity index (χ4v) is 9.63. The van der Waals surface area contributed by atoms with Crippen molar-refractivity contribution >= 4 is 51.7 Å². The van der Waals surface area contributed by atoms with Crippen LogP contribution in [0.4, 0.5) is 0 Å². The highest BCUT2D eigenvalue weighted by atomic mass is 32.2. The topological polar surface area (TPSA) is 4.93 Å². The normalized spacial score (nSPS) is 14.0. The number of hydrogen-bond acceptors (Lipinski definition) is 1. The third-order valence-electron chi connectivity index (χ3n) is 10.5. The van der Waals surface area contributed by atoms with Gasteiger partial charge in [0, 0.05) is 31.6 Å². The molecule has 0 fully saturated rings. The van der Waals surface area contributed by atoms with Gasteiger partial charge in [0.2, 0.25) is 6.71 Å². The summed E-state index contributed by atoms with van der Waals surface area (Å²) >= 11 is 1.96. The summed E-state index contributed by atoms with van der Waals surface area (Å²) in [5.41, 5.74) is 16.2. The standard InChI is InChI=1S/C44H32BNS/c1-27-16-20-30(21-17-27)40-35-11-6-12-36-43(35)46(42(40)31-22-18-28(2)19-23-31)38-14-7-15-39-41(38)45(36)37-13-5-10-34(44(37)47-39)33-25-24-29-8-3-4-9-32(29)26-33/h3-5,7-11,13-26H,6,12H2,1-2H3. The molecule has 3 heterocycles. The average Bonchev–Trinajstić information content (AvgIpc) is 3.46. The zero-order valence-electron chi connectivity index (χ0n) is 26.5. The van der Waals surface area contributed by atoms with Gasteiger partial charge in [-0.05, 0) is 83.4 Å². The lowest BCUT2D eigenvalue weighted by atomic mass is 9.34. The molecular formula is C44H32BNS. The van der Waals surface area contributed by atoms with Crippen LogP contribution in [0, 0.1) is 13.8 Å². The molecule has 7 aromatic rings. The molecule has 6 aromatic carbocycles. The molecule has 0 saturated heterocycles. The zero-order chi connectivity index (χ0) is 31.2. The predicted molar refractivity (Wildman–Crippen MR) is 201 cm³/mol. The van der Waals surface area contributed by atoms with E-state index in [0.717, 1.165) is 12.8 Å². The summed E-state index contributed by atoms with van der Waals surface area (Å²) in [6, 6.07) is 48.0. The molecule has 3 heteroatoms. The molecule has 1 aromatic heterocycles. The molecule has 1 aliphatic carbocycles. The molecule has 1 nitrogen and oxygen atoms in total. The lowest BCUT2D eigenvalue weighted by molar-refractivity contribution is 0.986. The maximum Gasteiger partial charge on any atom is 0.245 e. The number of hydrogen-bond donors (Lipinski definition) is 0. The average molecular weight is 618 g/mol. The smallest absolute Gasteiger partial charge is 0.245 e. The van der Waals surface area contributed by atoms with E-state index < -0.39 is 0 Å². The Balaban J connectivity index is 1.29. The van der Waals surface area contributed by atoms with Crippen molar-refractivity contribution < 1.29 is 0 Å². The van der Waals surface area contributed by atoms with E-state index in [4.69, 9.17) is 0 Å². The van der Waals surface area contributed by atoms with Gasteiger partial charge in [-0.3, -0.25) is 0 Å². The predicted octanol–water partition coefficient (Wildman–Crippen LogP) is 8.60. The molecule has 0 radical (unpaired) electrons. The van der Waals surface area contributed by atoms with Gasteiger partial charge >= 0.3 is 0 Å². The van der Waals surface area contributed by atoms with Crippen molar-refractivity contribution in [2.24, 2.45) is 0 Å². The Morgan fingerprint density at radius 2 is 1.38 bits per heavy atom. The molecule has 0 atom stereocenters. The second-order valence-corrected chi connectivity index (χ2v) is 14.4. The maximum absolute atomic E-state index is 2.63. The van der Waals surface area contributed by atoms with Crippen LogP contribution in [0.25, 0.3) is 61.5 Å². The maximum atomic E-state index is 2.63. The molecule has 0 spiro atoms. The van der Waals surface area contributed by atoms with Gasteiger partial charge in [0.05, 0.1) is 5.69 Å². The van der Waals surface area contributed by atoms with E-state index in [1.54, 1.807) is 5.47 Å². The van der Waals surface area contributed by atoms with E-state index in [2.05, 4.69) is 152 Å². The summed E-state index contributed by atoms with van der Waals surface area (Å²) in [4.78, 5) is 2.78. The van der Waals surface area contributed by atoms with E-state index in [0.29, 0.717) is 0 Å². The van der Waals surface area contributed by atoms with Crippen LogP contribution in [-0.2, 0) is 0 Å². The lowest BCUT2D eigenvalue weighted by Crippen LogP contribution is -2.57. The van der Waals surface area contributed by atoms with Gasteiger partial charge in [-0.2, -0.15) is 0 Å². The summed E-state index contributed by atoms with van der Waals surface area (Å²) < 4.78 is 2.63. The summed E-state index contributed by atoms with van der Waals surface area (Å²) in [6.07, 6.45) is 4.64. The summed E-state index contributed by atoms with van der Waals surface area (Å²) in [7, 11) is 0. The van der Waals surface area contributed by atoms with Crippen LogP contribution in [0.15, 0.2) is 137 Å². The monoisotopic (exact) mass is 617 g/mol. The third kappa shape index (κ3) is 3.99. The van der Waals surface area contributed by atoms with Crippen molar-refractivity contribution in [1.82, 2.24) is 4.57 Å². The molecule has 0 bridgehead atoms. The fourth-order valence-electron chi connectivity index (χ4n) is 8.33. The molecule has 0 N–H and O–H groups in total. The molecule has 2 aliphatic heterocycles. The molecular weight excluding hydrogens is 585 g/mol. The van der Waals surface area contributed by atoms with E-state index in [1.807, 2.05) is 11.8 Å². The van der Waals surface area contributed by atoms with Gasteiger partial charge in [-0.15, -0.1) is 0 Å². The van der Waals surface area contributed by atoms with Gasteiger partial charge in [0.1, 0.15) is 0 Å². The Morgan fingerprint density at radius 3 is 2.19 bits per heavy atom. The summed E-state index contributed by atoms with van der Waals surface area (Å²) in [5.74, 6) is 0. The first-order valence-corrected chi connectivity index (χ1v) is 17.5. The van der Waals surface area contributed by atoms with Gasteiger partial charge in [0.25, 0.3) is 0 Å². The summed E-state index contributed by atoms with van der Waals surface area (Å²) in [5, 5.41) is 5.38. The van der Waals surface area contributed by atoms with Crippen molar-refractivity contribution in [3.8, 4) is 39.2 Å². The van der Waals surface area contributed by atoms with Crippen LogP contribution in [0.1, 0.15) is 24.0 Å². The SMILES string of the molecule is Cc1ccc(-c2c(-c3ccc(C)cc3)n3c4c2=CCCC=4B2c4cccc(-c5ccc6ccccc6c5)c4Sc4cccc-3c42)cc1. The molecule has 0 amide bonds. The number of rotatable bonds is 3. The minimum Gasteiger partial charge on any atom is -0.310 e. The zero-order valence-corrected chi connectivity index (χ0v) is 27.4. The van der Waals surface area contributed by atoms with E-state index in [-0.39, 0.29) is 6.71 Å². The highest BCUT2D eigenvalue weighted by Crippen LogP contribution is 2.42. The Bertz CT molecular complexity index is 2560. The van der Waals surface area contributed by atoms with Gasteiger partial charge < -0.3 is 4.57 Å². The second kappa shape index (κ2) is 10.3. The second-order valence-electron chi connectivity index (χ2n) is 13.3. The van der Waals surface area contributed by atoms with Crippen LogP contribution in [0.5, 0.6) is 0 Å². The largest absolute Gasteiger partial charge is 0.310 e. The molecule has 10 rings (SSSR count). The van der Waals surface area contributed by atoms with Gasteiger partial charge in [-0.1, -0.05) is 149 Å². The Hall–Kier alpha value is -4.99. The van der Waals surface area contributed by atoms with Gasteiger partial charge in [-0.25, -0.2) is 0 Å². The lowest BCUT2D eigenvalue weighted by Gasteiger charge is -2.35. The van der Waals surface area contributed by atoms with Crippen molar-refractivity contribution in [3.63, 3.8) is 0 Å². The molecule has 47 heavy (non-hydrogen) atoms. The first-order valence-electron chi connectivity index (χ1n) is 16.7. The number of aromatic nitrogens is 1. The molecule has 0 unspecified atom stereocenters. The van der Waals surface area contributed by atoms with E-state index in [1.165, 1.54) is 92.4 Å². The minimum atomic E-state index is 0.240. The van der Waals surface area contributed by atoms with E-state index in [9.17, 15) is 0 Å². The quantitative estimate of drug-likeness (QED) is 0.180. The minimum absolute atomic E-state index is 0.240. The van der Waals surface area contributed by atoms with Crippen LogP contribution >= 0.6 is 11.8 Å². The van der Waals surface area contributed by atoms with Crippen molar-refractivity contribution in [3.05, 3.63) is 149 Å². The fraction of sp³-hybridized carbons (Fsp3) is 0.0909. The Labute approximate surface area is 280 Å². The van der Waals surface area contributed by atoms with Crippen LogP contribution in [0.3, 0.4) is 0 Å². The summed E-state index contributed by atoms with van der Waals surface area (Å²) in [6.45, 7) is 4.59. The van der Waals surface area contributed by atoms with Crippen LogP contribution in [0.2, 0.25) is 0 Å². The Kier molecular flexibility index (Phi) is 5.93. The highest BCUT2D eigenvalue weighted by molar-refractivity contribution is 8.00. The Morgan fingerprint density at radius 1 is 0.660 bits per heavy atom. The number of nitrogens with zero attached hydrogens (tertiary/aromatic N) is 1. The third-order valence-corrected chi connectivity index (χ3v) is 11.7. The van der Waals surface area contributed by atoms with Crippen molar-refractivity contribution in [2.45, 2.75) is 36.5 Å². The van der Waals surface area contributed by atoms with Crippen LogP contribution < -0.4 is 21.5 Å². The molecule has 0 saturated carbocycles. The number of benzene rings is 6. The van der Waals surface area contributed by atoms with Crippen LogP contribution in [-0.4, -0.2) is 11.3 Å².